The van der Waals surface area contributed by atoms with Crippen molar-refractivity contribution in [2.24, 2.45) is 17.3 Å². The van der Waals surface area contributed by atoms with Crippen molar-refractivity contribution in [2.45, 2.75) is 25.9 Å². The molecule has 1 saturated heterocycles. The summed E-state index contributed by atoms with van der Waals surface area (Å²) in [5, 5.41) is 19.1. The normalized spacial score (nSPS) is 30.7. The van der Waals surface area contributed by atoms with Crippen molar-refractivity contribution in [1.29, 1.82) is 0 Å². The van der Waals surface area contributed by atoms with Gasteiger partial charge in [0.05, 0.1) is 13.2 Å². The maximum absolute atomic E-state index is 9.55. The van der Waals surface area contributed by atoms with E-state index in [2.05, 4.69) is 41.0 Å². The smallest absolute Gasteiger partial charge is 0.0515 e. The monoisotopic (exact) mass is 316 g/mol. The highest BCUT2D eigenvalue weighted by Crippen LogP contribution is 2.62. The summed E-state index contributed by atoms with van der Waals surface area (Å²) in [5.41, 5.74) is 2.82. The highest BCUT2D eigenvalue weighted by molar-refractivity contribution is 5.29. The predicted octanol–water partition coefficient (Wildman–Crippen LogP) is 0.966. The molecule has 4 heteroatoms. The second-order valence-electron chi connectivity index (χ2n) is 7.82. The van der Waals surface area contributed by atoms with Crippen molar-refractivity contribution in [3.8, 4) is 0 Å². The number of aliphatic hydroxyl groups is 2. The van der Waals surface area contributed by atoms with Crippen LogP contribution >= 0.6 is 0 Å². The topological polar surface area (TPSA) is 46.9 Å². The molecule has 3 unspecified atom stereocenters. The first kappa shape index (κ1) is 15.6. The summed E-state index contributed by atoms with van der Waals surface area (Å²) in [7, 11) is 0. The van der Waals surface area contributed by atoms with Crippen LogP contribution in [0.4, 0.5) is 0 Å². The second-order valence-corrected chi connectivity index (χ2v) is 7.82. The van der Waals surface area contributed by atoms with E-state index in [1.165, 1.54) is 11.1 Å². The molecule has 0 aromatic heterocycles. The van der Waals surface area contributed by atoms with Crippen LogP contribution in [0.1, 0.15) is 18.1 Å². The number of rotatable bonds is 5. The number of nitrogens with zero attached hydrogens (tertiary/aromatic N) is 2. The Labute approximate surface area is 138 Å². The van der Waals surface area contributed by atoms with Crippen LogP contribution < -0.4 is 0 Å². The van der Waals surface area contributed by atoms with Crippen LogP contribution in [-0.2, 0) is 13.0 Å². The van der Waals surface area contributed by atoms with Crippen molar-refractivity contribution in [3.05, 3.63) is 35.4 Å². The summed E-state index contributed by atoms with van der Waals surface area (Å²) >= 11 is 0. The molecule has 23 heavy (non-hydrogen) atoms. The van der Waals surface area contributed by atoms with E-state index in [9.17, 15) is 10.2 Å². The molecule has 1 aromatic rings. The zero-order chi connectivity index (χ0) is 16.0. The largest absolute Gasteiger partial charge is 0.396 e. The van der Waals surface area contributed by atoms with E-state index in [1.54, 1.807) is 0 Å². The van der Waals surface area contributed by atoms with Gasteiger partial charge in [0.2, 0.25) is 0 Å². The fraction of sp³-hybridized carbons (Fsp3) is 0.684. The maximum Gasteiger partial charge on any atom is 0.0515 e. The standard InChI is InChI=1S/C19H28N2O2/c1-14(21-10-17-18(11-21)19(17,12-22)13-23)8-20-7-6-15-4-2-3-5-16(15)9-20/h2-5,14,17-18,22-23H,6-13H2,1H3. The van der Waals surface area contributed by atoms with E-state index in [4.69, 9.17) is 0 Å². The molecular formula is C19H28N2O2. The van der Waals surface area contributed by atoms with Crippen molar-refractivity contribution in [2.75, 3.05) is 39.4 Å². The first-order chi connectivity index (χ1) is 11.2. The van der Waals surface area contributed by atoms with Crippen LogP contribution in [0.2, 0.25) is 0 Å². The van der Waals surface area contributed by atoms with E-state index in [0.717, 1.165) is 39.1 Å². The van der Waals surface area contributed by atoms with Gasteiger partial charge in [-0.2, -0.15) is 0 Å². The van der Waals surface area contributed by atoms with Crippen LogP contribution in [0.25, 0.3) is 0 Å². The van der Waals surface area contributed by atoms with Gasteiger partial charge in [-0.15, -0.1) is 0 Å². The quantitative estimate of drug-likeness (QED) is 0.850. The maximum atomic E-state index is 9.55. The lowest BCUT2D eigenvalue weighted by Gasteiger charge is -2.35. The minimum Gasteiger partial charge on any atom is -0.396 e. The zero-order valence-electron chi connectivity index (χ0n) is 14.0. The molecule has 0 spiro atoms. The molecule has 2 N–H and O–H groups in total. The number of hydrogen-bond donors (Lipinski definition) is 2. The van der Waals surface area contributed by atoms with Crippen molar-refractivity contribution in [3.63, 3.8) is 0 Å². The molecule has 0 bridgehead atoms. The Hall–Kier alpha value is -0.940. The lowest BCUT2D eigenvalue weighted by atomic mass is 9.99. The Kier molecular flexibility index (Phi) is 3.96. The highest BCUT2D eigenvalue weighted by atomic mass is 16.3. The van der Waals surface area contributed by atoms with Gasteiger partial charge in [0.25, 0.3) is 0 Å². The molecule has 0 amide bonds. The number of benzene rings is 1. The van der Waals surface area contributed by atoms with Crippen molar-refractivity contribution >= 4 is 0 Å². The minimum atomic E-state index is -0.166. The Balaban J connectivity index is 1.32. The summed E-state index contributed by atoms with van der Waals surface area (Å²) in [4.78, 5) is 5.13. The van der Waals surface area contributed by atoms with Crippen LogP contribution in [0, 0.1) is 17.3 Å². The van der Waals surface area contributed by atoms with Gasteiger partial charge in [-0.25, -0.2) is 0 Å². The van der Waals surface area contributed by atoms with Gasteiger partial charge in [0.15, 0.2) is 0 Å². The average Bonchev–Trinajstić information content (AvgIpc) is 2.94. The number of hydrogen-bond acceptors (Lipinski definition) is 4. The van der Waals surface area contributed by atoms with E-state index >= 15 is 0 Å². The van der Waals surface area contributed by atoms with Gasteiger partial charge in [-0.1, -0.05) is 24.3 Å². The number of piperidine rings is 1. The Bertz CT molecular complexity index is 558. The van der Waals surface area contributed by atoms with Crippen molar-refractivity contribution in [1.82, 2.24) is 9.80 Å². The molecule has 0 radical (unpaired) electrons. The highest BCUT2D eigenvalue weighted by Gasteiger charge is 2.67. The van der Waals surface area contributed by atoms with E-state index in [0.29, 0.717) is 17.9 Å². The lowest BCUT2D eigenvalue weighted by molar-refractivity contribution is 0.0720. The first-order valence-electron chi connectivity index (χ1n) is 8.93. The summed E-state index contributed by atoms with van der Waals surface area (Å²) in [6.45, 7) is 8.02. The molecule has 3 atom stereocenters. The van der Waals surface area contributed by atoms with E-state index in [1.807, 2.05) is 0 Å². The van der Waals surface area contributed by atoms with Gasteiger partial charge in [0, 0.05) is 44.2 Å². The summed E-state index contributed by atoms with van der Waals surface area (Å²) in [6, 6.07) is 9.34. The zero-order valence-corrected chi connectivity index (χ0v) is 14.0. The molecule has 1 aliphatic carbocycles. The van der Waals surface area contributed by atoms with E-state index in [-0.39, 0.29) is 18.6 Å². The Morgan fingerprint density at radius 3 is 2.43 bits per heavy atom. The fourth-order valence-electron chi connectivity index (χ4n) is 4.95. The Morgan fingerprint density at radius 2 is 1.78 bits per heavy atom. The van der Waals surface area contributed by atoms with Crippen LogP contribution in [0.3, 0.4) is 0 Å². The van der Waals surface area contributed by atoms with E-state index < -0.39 is 0 Å². The molecule has 4 rings (SSSR count). The molecule has 4 nitrogen and oxygen atoms in total. The molecular weight excluding hydrogens is 288 g/mol. The molecule has 2 fully saturated rings. The first-order valence-corrected chi connectivity index (χ1v) is 8.93. The van der Waals surface area contributed by atoms with Crippen LogP contribution in [0.15, 0.2) is 24.3 Å². The molecule has 3 aliphatic rings. The van der Waals surface area contributed by atoms with Gasteiger partial charge in [-0.05, 0) is 36.3 Å². The van der Waals surface area contributed by atoms with Crippen LogP contribution in [0.5, 0.6) is 0 Å². The summed E-state index contributed by atoms with van der Waals surface area (Å²) in [5.74, 6) is 1.00. The SMILES string of the molecule is CC(CN1CCc2ccccc2C1)N1CC2C(C1)C2(CO)CO. The van der Waals surface area contributed by atoms with Crippen LogP contribution in [-0.4, -0.2) is 65.4 Å². The lowest BCUT2D eigenvalue weighted by Crippen LogP contribution is -2.45. The molecule has 1 saturated carbocycles. The minimum absolute atomic E-state index is 0.143. The van der Waals surface area contributed by atoms with Gasteiger partial charge < -0.3 is 10.2 Å². The molecule has 2 aliphatic heterocycles. The Morgan fingerprint density at radius 1 is 1.13 bits per heavy atom. The van der Waals surface area contributed by atoms with Gasteiger partial charge in [0.1, 0.15) is 0 Å². The molecule has 2 heterocycles. The number of fused-ring (bicyclic) bond motifs is 2. The average molecular weight is 316 g/mol. The third kappa shape index (κ3) is 2.52. The third-order valence-electron chi connectivity index (χ3n) is 6.66. The van der Waals surface area contributed by atoms with Crippen molar-refractivity contribution < 1.29 is 10.2 Å². The number of likely N-dealkylation sites (tertiary alicyclic amines) is 1. The van der Waals surface area contributed by atoms with Gasteiger partial charge in [-0.3, -0.25) is 9.80 Å². The predicted molar refractivity (Wildman–Crippen MR) is 90.0 cm³/mol. The molecule has 126 valence electrons. The summed E-state index contributed by atoms with van der Waals surface area (Å²) in [6.07, 6.45) is 1.16. The summed E-state index contributed by atoms with van der Waals surface area (Å²) < 4.78 is 0. The van der Waals surface area contributed by atoms with Gasteiger partial charge >= 0.3 is 0 Å². The molecule has 1 aromatic carbocycles. The number of aliphatic hydroxyl groups excluding tert-OH is 2. The third-order valence-corrected chi connectivity index (χ3v) is 6.66. The second kappa shape index (κ2) is 5.85. The fourth-order valence-corrected chi connectivity index (χ4v) is 4.95.